The molecule has 0 saturated carbocycles. The number of nitrogens with two attached hydrogens (primary N) is 1. The lowest BCUT2D eigenvalue weighted by Gasteiger charge is -2.07. The van der Waals surface area contributed by atoms with Crippen molar-refractivity contribution in [1.82, 2.24) is 5.32 Å². The molecule has 0 heterocycles. The topological polar surface area (TPSA) is 55.1 Å². The van der Waals surface area contributed by atoms with E-state index in [2.05, 4.69) is 5.32 Å². The average molecular weight is 228 g/mol. The van der Waals surface area contributed by atoms with Gasteiger partial charge in [-0.1, -0.05) is 6.07 Å². The number of nitrogens with one attached hydrogen (secondary N) is 1. The molecule has 0 fully saturated rings. The summed E-state index contributed by atoms with van der Waals surface area (Å²) in [5.41, 5.74) is 5.89. The number of amides is 1. The molecule has 0 saturated heterocycles. The molecular weight excluding hydrogens is 214 g/mol. The lowest BCUT2D eigenvalue weighted by Crippen LogP contribution is -2.35. The lowest BCUT2D eigenvalue weighted by atomic mass is 10.1. The number of rotatable bonds is 4. The second kappa shape index (κ2) is 5.55. The maximum atomic E-state index is 12.8. The highest BCUT2D eigenvalue weighted by Gasteiger charge is 2.07. The number of carbonyl (C=O) groups excluding carboxylic acids is 1. The first-order chi connectivity index (χ1) is 7.49. The van der Waals surface area contributed by atoms with Gasteiger partial charge in [0.15, 0.2) is 11.6 Å². The van der Waals surface area contributed by atoms with Gasteiger partial charge in [0.2, 0.25) is 5.91 Å². The minimum absolute atomic E-state index is 0.0178. The summed E-state index contributed by atoms with van der Waals surface area (Å²) in [6.07, 6.45) is 0.0178. The maximum absolute atomic E-state index is 12.8. The Kier molecular flexibility index (Phi) is 4.37. The molecule has 0 aliphatic carbocycles. The minimum Gasteiger partial charge on any atom is -0.354 e. The van der Waals surface area contributed by atoms with Crippen molar-refractivity contribution in [2.45, 2.75) is 19.4 Å². The molecule has 0 spiro atoms. The van der Waals surface area contributed by atoms with Crippen LogP contribution in [0.15, 0.2) is 18.2 Å². The third-order valence-corrected chi connectivity index (χ3v) is 1.97. The van der Waals surface area contributed by atoms with Gasteiger partial charge in [0, 0.05) is 12.6 Å². The van der Waals surface area contributed by atoms with Crippen molar-refractivity contribution in [3.63, 3.8) is 0 Å². The van der Waals surface area contributed by atoms with E-state index < -0.39 is 11.6 Å². The predicted molar refractivity (Wildman–Crippen MR) is 56.7 cm³/mol. The Hall–Kier alpha value is -1.49. The molecule has 3 N–H and O–H groups in total. The van der Waals surface area contributed by atoms with Crippen molar-refractivity contribution in [2.75, 3.05) is 6.54 Å². The highest BCUT2D eigenvalue weighted by Crippen LogP contribution is 2.08. The second-order valence-electron chi connectivity index (χ2n) is 3.71. The van der Waals surface area contributed by atoms with Crippen LogP contribution in [0.5, 0.6) is 0 Å². The molecular formula is C11H14F2N2O. The van der Waals surface area contributed by atoms with Crippen LogP contribution < -0.4 is 11.1 Å². The van der Waals surface area contributed by atoms with Gasteiger partial charge in [-0.25, -0.2) is 8.78 Å². The standard InChI is InChI=1S/C11H14F2N2O/c1-7(14)6-15-11(16)5-8-2-3-9(12)10(13)4-8/h2-4,7H,5-6,14H2,1H3,(H,15,16). The molecule has 0 aliphatic heterocycles. The Morgan fingerprint density at radius 1 is 1.44 bits per heavy atom. The van der Waals surface area contributed by atoms with Crippen molar-refractivity contribution >= 4 is 5.91 Å². The Labute approximate surface area is 92.6 Å². The summed E-state index contributed by atoms with van der Waals surface area (Å²) in [5.74, 6) is -2.12. The third-order valence-electron chi connectivity index (χ3n) is 1.97. The van der Waals surface area contributed by atoms with E-state index in [0.717, 1.165) is 12.1 Å². The van der Waals surface area contributed by atoms with Crippen LogP contribution in [0.1, 0.15) is 12.5 Å². The monoisotopic (exact) mass is 228 g/mol. The molecule has 1 unspecified atom stereocenters. The highest BCUT2D eigenvalue weighted by atomic mass is 19.2. The Morgan fingerprint density at radius 2 is 2.12 bits per heavy atom. The molecule has 1 atom stereocenters. The predicted octanol–water partition coefficient (Wildman–Crippen LogP) is 0.971. The Balaban J connectivity index is 2.53. The van der Waals surface area contributed by atoms with E-state index in [4.69, 9.17) is 5.73 Å². The molecule has 1 aromatic rings. The van der Waals surface area contributed by atoms with Crippen LogP contribution in [0.2, 0.25) is 0 Å². The fourth-order valence-electron chi connectivity index (χ4n) is 1.17. The summed E-state index contributed by atoms with van der Waals surface area (Å²) in [6, 6.07) is 3.27. The highest BCUT2D eigenvalue weighted by molar-refractivity contribution is 5.78. The van der Waals surface area contributed by atoms with E-state index >= 15 is 0 Å². The quantitative estimate of drug-likeness (QED) is 0.806. The maximum Gasteiger partial charge on any atom is 0.224 e. The van der Waals surface area contributed by atoms with Crippen LogP contribution in [0, 0.1) is 11.6 Å². The molecule has 3 nitrogen and oxygen atoms in total. The second-order valence-corrected chi connectivity index (χ2v) is 3.71. The van der Waals surface area contributed by atoms with E-state index in [-0.39, 0.29) is 18.4 Å². The van der Waals surface area contributed by atoms with Crippen LogP contribution >= 0.6 is 0 Å². The van der Waals surface area contributed by atoms with Gasteiger partial charge in [-0.3, -0.25) is 4.79 Å². The van der Waals surface area contributed by atoms with E-state index in [0.29, 0.717) is 12.1 Å². The summed E-state index contributed by atoms with van der Waals surface area (Å²) in [5, 5.41) is 2.58. The molecule has 0 aromatic heterocycles. The van der Waals surface area contributed by atoms with Crippen molar-refractivity contribution in [3.8, 4) is 0 Å². The summed E-state index contributed by atoms with van der Waals surface area (Å²) in [7, 11) is 0. The fourth-order valence-corrected chi connectivity index (χ4v) is 1.17. The summed E-state index contributed by atoms with van der Waals surface area (Å²) in [6.45, 7) is 2.13. The normalized spacial score (nSPS) is 12.2. The molecule has 5 heteroatoms. The molecule has 1 aromatic carbocycles. The Morgan fingerprint density at radius 3 is 2.69 bits per heavy atom. The zero-order valence-electron chi connectivity index (χ0n) is 8.97. The summed E-state index contributed by atoms with van der Waals surface area (Å²) in [4.78, 5) is 11.3. The zero-order valence-corrected chi connectivity index (χ0v) is 8.97. The first kappa shape index (κ1) is 12.6. The van der Waals surface area contributed by atoms with E-state index in [1.165, 1.54) is 6.07 Å². The molecule has 1 rings (SSSR count). The van der Waals surface area contributed by atoms with E-state index in [9.17, 15) is 13.6 Å². The first-order valence-electron chi connectivity index (χ1n) is 4.95. The van der Waals surface area contributed by atoms with Crippen molar-refractivity contribution in [2.24, 2.45) is 5.73 Å². The molecule has 16 heavy (non-hydrogen) atoms. The SMILES string of the molecule is CC(N)CNC(=O)Cc1ccc(F)c(F)c1. The van der Waals surface area contributed by atoms with Crippen LogP contribution in [-0.4, -0.2) is 18.5 Å². The van der Waals surface area contributed by atoms with Crippen molar-refractivity contribution in [3.05, 3.63) is 35.4 Å². The smallest absolute Gasteiger partial charge is 0.224 e. The largest absolute Gasteiger partial charge is 0.354 e. The van der Waals surface area contributed by atoms with Crippen LogP contribution in [0.3, 0.4) is 0 Å². The fraction of sp³-hybridized carbons (Fsp3) is 0.364. The molecule has 0 radical (unpaired) electrons. The Bertz CT molecular complexity index is 380. The van der Waals surface area contributed by atoms with Gasteiger partial charge in [-0.2, -0.15) is 0 Å². The van der Waals surface area contributed by atoms with Crippen LogP contribution in [-0.2, 0) is 11.2 Å². The summed E-state index contributed by atoms with van der Waals surface area (Å²) < 4.78 is 25.4. The van der Waals surface area contributed by atoms with Crippen molar-refractivity contribution in [1.29, 1.82) is 0 Å². The van der Waals surface area contributed by atoms with Gasteiger partial charge in [0.05, 0.1) is 6.42 Å². The molecule has 0 aliphatic rings. The zero-order chi connectivity index (χ0) is 12.1. The van der Waals surface area contributed by atoms with Crippen LogP contribution in [0.4, 0.5) is 8.78 Å². The van der Waals surface area contributed by atoms with Gasteiger partial charge < -0.3 is 11.1 Å². The first-order valence-corrected chi connectivity index (χ1v) is 4.95. The summed E-state index contributed by atoms with van der Waals surface area (Å²) >= 11 is 0. The lowest BCUT2D eigenvalue weighted by molar-refractivity contribution is -0.120. The molecule has 1 amide bonds. The number of halogens is 2. The third kappa shape index (κ3) is 3.94. The van der Waals surface area contributed by atoms with Gasteiger partial charge in [0.1, 0.15) is 0 Å². The number of benzene rings is 1. The number of carbonyl (C=O) groups is 1. The van der Waals surface area contributed by atoms with Crippen LogP contribution in [0.25, 0.3) is 0 Å². The molecule has 88 valence electrons. The van der Waals surface area contributed by atoms with Gasteiger partial charge >= 0.3 is 0 Å². The van der Waals surface area contributed by atoms with E-state index in [1.54, 1.807) is 6.92 Å². The average Bonchev–Trinajstić information content (AvgIpc) is 2.21. The molecule has 0 bridgehead atoms. The van der Waals surface area contributed by atoms with Gasteiger partial charge in [-0.15, -0.1) is 0 Å². The number of hydrogen-bond acceptors (Lipinski definition) is 2. The van der Waals surface area contributed by atoms with Gasteiger partial charge in [0.25, 0.3) is 0 Å². The minimum atomic E-state index is -0.947. The van der Waals surface area contributed by atoms with Gasteiger partial charge in [-0.05, 0) is 24.6 Å². The van der Waals surface area contributed by atoms with Crippen molar-refractivity contribution < 1.29 is 13.6 Å². The number of hydrogen-bond donors (Lipinski definition) is 2. The van der Waals surface area contributed by atoms with E-state index in [1.807, 2.05) is 0 Å².